The molecule has 0 bridgehead atoms. The Balaban J connectivity index is 2.69. The lowest BCUT2D eigenvalue weighted by atomic mass is 10.0. The highest BCUT2D eigenvalue weighted by Crippen LogP contribution is 2.27. The number of aryl methyl sites for hydroxylation is 1. The molecule has 1 rings (SSSR count). The van der Waals surface area contributed by atoms with Gasteiger partial charge in [0.25, 0.3) is 0 Å². The van der Waals surface area contributed by atoms with E-state index in [1.165, 1.54) is 43.9 Å². The van der Waals surface area contributed by atoms with Crippen molar-refractivity contribution in [3.8, 4) is 11.5 Å². The van der Waals surface area contributed by atoms with E-state index in [2.05, 4.69) is 13.8 Å². The first kappa shape index (κ1) is 23.8. The normalized spacial score (nSPS) is 12.9. The Morgan fingerprint density at radius 3 is 1.96 bits per heavy atom. The van der Waals surface area contributed by atoms with Crippen molar-refractivity contribution >= 4 is 10.1 Å². The second-order valence-corrected chi connectivity index (χ2v) is 9.37. The summed E-state index contributed by atoms with van der Waals surface area (Å²) in [7, 11) is -3.68. The first-order valence-electron chi connectivity index (χ1n) is 10.6. The van der Waals surface area contributed by atoms with E-state index in [1.807, 2.05) is 0 Å². The zero-order chi connectivity index (χ0) is 20.1. The fourth-order valence-electron chi connectivity index (χ4n) is 3.30. The molecule has 1 unspecified atom stereocenters. The number of aromatic hydroxyl groups is 1. The van der Waals surface area contributed by atoms with Crippen LogP contribution in [0.25, 0.3) is 0 Å². The minimum absolute atomic E-state index is 0.112. The Morgan fingerprint density at radius 2 is 1.41 bits per heavy atom. The summed E-state index contributed by atoms with van der Waals surface area (Å²) in [6.07, 6.45) is 12.5. The Morgan fingerprint density at radius 1 is 0.889 bits per heavy atom. The van der Waals surface area contributed by atoms with Crippen LogP contribution in [0.4, 0.5) is 0 Å². The molecule has 156 valence electrons. The lowest BCUT2D eigenvalue weighted by molar-refractivity contribution is 0.443. The average molecular weight is 399 g/mol. The van der Waals surface area contributed by atoms with Crippen LogP contribution in [0, 0.1) is 6.92 Å². The lowest BCUT2D eigenvalue weighted by Gasteiger charge is -2.19. The van der Waals surface area contributed by atoms with Gasteiger partial charge in [0.15, 0.2) is 0 Å². The van der Waals surface area contributed by atoms with E-state index in [-0.39, 0.29) is 5.75 Å². The minimum atomic E-state index is -3.68. The monoisotopic (exact) mass is 398 g/mol. The predicted molar refractivity (Wildman–Crippen MR) is 113 cm³/mol. The molecule has 0 aromatic heterocycles. The van der Waals surface area contributed by atoms with Crippen molar-refractivity contribution in [2.24, 2.45) is 0 Å². The number of rotatable bonds is 15. The maximum absolute atomic E-state index is 12.9. The average Bonchev–Trinajstić information content (AvgIpc) is 2.62. The van der Waals surface area contributed by atoms with E-state index < -0.39 is 15.4 Å². The summed E-state index contributed by atoms with van der Waals surface area (Å²) in [4.78, 5) is 0. The highest BCUT2D eigenvalue weighted by Gasteiger charge is 2.27. The van der Waals surface area contributed by atoms with E-state index in [0.29, 0.717) is 24.2 Å². The first-order valence-corrected chi connectivity index (χ1v) is 12.1. The maximum atomic E-state index is 12.9. The van der Waals surface area contributed by atoms with Crippen LogP contribution in [0.1, 0.15) is 96.5 Å². The fourth-order valence-corrected chi connectivity index (χ4v) is 4.79. The predicted octanol–water partition coefficient (Wildman–Crippen LogP) is 6.50. The van der Waals surface area contributed by atoms with Crippen LogP contribution < -0.4 is 4.18 Å². The van der Waals surface area contributed by atoms with Crippen LogP contribution in [0.2, 0.25) is 0 Å². The van der Waals surface area contributed by atoms with Gasteiger partial charge in [-0.25, -0.2) is 0 Å². The van der Waals surface area contributed by atoms with Crippen molar-refractivity contribution in [1.82, 2.24) is 0 Å². The van der Waals surface area contributed by atoms with Crippen molar-refractivity contribution in [3.05, 3.63) is 23.8 Å². The van der Waals surface area contributed by atoms with Gasteiger partial charge in [-0.2, -0.15) is 8.42 Å². The van der Waals surface area contributed by atoms with Gasteiger partial charge in [0.05, 0.1) is 5.25 Å². The SMILES string of the molecule is CCCCCCCCC(CCCCCC)S(=O)(=O)Oc1ccc(O)cc1C. The zero-order valence-corrected chi connectivity index (χ0v) is 18.2. The van der Waals surface area contributed by atoms with E-state index in [9.17, 15) is 13.5 Å². The highest BCUT2D eigenvalue weighted by atomic mass is 32.2. The molecule has 0 saturated heterocycles. The van der Waals surface area contributed by atoms with Crippen LogP contribution in [0.15, 0.2) is 18.2 Å². The molecule has 0 aliphatic heterocycles. The van der Waals surface area contributed by atoms with E-state index >= 15 is 0 Å². The third-order valence-electron chi connectivity index (χ3n) is 5.03. The second kappa shape index (κ2) is 13.0. The van der Waals surface area contributed by atoms with Gasteiger partial charge in [0.1, 0.15) is 11.5 Å². The van der Waals surface area contributed by atoms with Gasteiger partial charge in [0.2, 0.25) is 0 Å². The Kier molecular flexibility index (Phi) is 11.5. The number of hydrogen-bond acceptors (Lipinski definition) is 4. The van der Waals surface area contributed by atoms with Crippen molar-refractivity contribution < 1.29 is 17.7 Å². The number of unbranched alkanes of at least 4 members (excludes halogenated alkanes) is 8. The summed E-state index contributed by atoms with van der Waals surface area (Å²) in [5, 5.41) is 9.06. The third kappa shape index (κ3) is 9.50. The summed E-state index contributed by atoms with van der Waals surface area (Å²) in [6, 6.07) is 4.51. The molecule has 1 atom stereocenters. The second-order valence-electron chi connectivity index (χ2n) is 7.55. The first-order chi connectivity index (χ1) is 12.9. The molecule has 1 aromatic carbocycles. The fraction of sp³-hybridized carbons (Fsp3) is 0.727. The summed E-state index contributed by atoms with van der Waals surface area (Å²) in [5.41, 5.74) is 0.628. The molecule has 0 spiro atoms. The summed E-state index contributed by atoms with van der Waals surface area (Å²) < 4.78 is 31.2. The highest BCUT2D eigenvalue weighted by molar-refractivity contribution is 7.87. The molecule has 1 aromatic rings. The maximum Gasteiger partial charge on any atom is 0.312 e. The molecule has 0 radical (unpaired) electrons. The minimum Gasteiger partial charge on any atom is -0.508 e. The molecule has 0 saturated carbocycles. The molecule has 0 heterocycles. The van der Waals surface area contributed by atoms with Gasteiger partial charge >= 0.3 is 10.1 Å². The molecule has 0 aliphatic rings. The van der Waals surface area contributed by atoms with Crippen LogP contribution in [-0.4, -0.2) is 18.8 Å². The van der Waals surface area contributed by atoms with Gasteiger partial charge in [-0.05, 0) is 43.5 Å². The van der Waals surface area contributed by atoms with Gasteiger partial charge in [-0.1, -0.05) is 78.1 Å². The molecule has 0 aliphatic carbocycles. The van der Waals surface area contributed by atoms with Crippen molar-refractivity contribution in [2.45, 2.75) is 103 Å². The topological polar surface area (TPSA) is 63.6 Å². The van der Waals surface area contributed by atoms with Gasteiger partial charge in [-0.3, -0.25) is 0 Å². The van der Waals surface area contributed by atoms with Crippen LogP contribution >= 0.6 is 0 Å². The van der Waals surface area contributed by atoms with Crippen molar-refractivity contribution in [3.63, 3.8) is 0 Å². The standard InChI is InChI=1S/C22H38O4S/c1-4-6-8-10-11-13-15-21(14-12-9-7-5-2)27(24,25)26-22-17-16-20(23)18-19(22)3/h16-18,21,23H,4-15H2,1-3H3. The molecular formula is C22H38O4S. The van der Waals surface area contributed by atoms with Crippen LogP contribution in [0.5, 0.6) is 11.5 Å². The summed E-state index contributed by atoms with van der Waals surface area (Å²) in [5.74, 6) is 0.426. The summed E-state index contributed by atoms with van der Waals surface area (Å²) in [6.45, 7) is 6.09. The van der Waals surface area contributed by atoms with Crippen LogP contribution in [-0.2, 0) is 10.1 Å². The summed E-state index contributed by atoms with van der Waals surface area (Å²) >= 11 is 0. The Labute approximate surface area is 166 Å². The van der Waals surface area contributed by atoms with Gasteiger partial charge < -0.3 is 9.29 Å². The number of hydrogen-bond donors (Lipinski definition) is 1. The number of phenolic OH excluding ortho intramolecular Hbond substituents is 1. The largest absolute Gasteiger partial charge is 0.508 e. The number of benzene rings is 1. The Hall–Kier alpha value is -1.23. The molecule has 4 nitrogen and oxygen atoms in total. The molecule has 5 heteroatoms. The van der Waals surface area contributed by atoms with E-state index in [4.69, 9.17) is 4.18 Å². The smallest absolute Gasteiger partial charge is 0.312 e. The quantitative estimate of drug-likeness (QED) is 0.270. The Bertz CT molecular complexity index is 625. The van der Waals surface area contributed by atoms with Crippen LogP contribution in [0.3, 0.4) is 0 Å². The number of phenols is 1. The lowest BCUT2D eigenvalue weighted by Crippen LogP contribution is -2.26. The van der Waals surface area contributed by atoms with Gasteiger partial charge in [0, 0.05) is 0 Å². The zero-order valence-electron chi connectivity index (χ0n) is 17.4. The van der Waals surface area contributed by atoms with Crippen molar-refractivity contribution in [1.29, 1.82) is 0 Å². The molecular weight excluding hydrogens is 360 g/mol. The molecule has 0 fully saturated rings. The third-order valence-corrected chi connectivity index (χ3v) is 6.73. The molecule has 27 heavy (non-hydrogen) atoms. The molecule has 0 amide bonds. The van der Waals surface area contributed by atoms with Gasteiger partial charge in [-0.15, -0.1) is 0 Å². The van der Waals surface area contributed by atoms with E-state index in [1.54, 1.807) is 6.92 Å². The van der Waals surface area contributed by atoms with Crippen molar-refractivity contribution in [2.75, 3.05) is 0 Å². The van der Waals surface area contributed by atoms with E-state index in [0.717, 1.165) is 38.5 Å². The molecule has 1 N–H and O–H groups in total.